The van der Waals surface area contributed by atoms with Crippen molar-refractivity contribution in [1.29, 1.82) is 0 Å². The molecule has 5 heteroatoms. The van der Waals surface area contributed by atoms with E-state index in [-0.39, 0.29) is 5.91 Å². The normalized spacial score (nSPS) is 10.5. The molecule has 1 amide bonds. The van der Waals surface area contributed by atoms with Crippen LogP contribution in [0.3, 0.4) is 0 Å². The molecule has 1 aromatic carbocycles. The van der Waals surface area contributed by atoms with Gasteiger partial charge in [0.1, 0.15) is 5.01 Å². The number of rotatable bonds is 2. The summed E-state index contributed by atoms with van der Waals surface area (Å²) >= 11 is 5.00. The molecule has 0 unspecified atom stereocenters. The minimum absolute atomic E-state index is 0.0320. The lowest BCUT2D eigenvalue weighted by atomic mass is 10.3. The van der Waals surface area contributed by atoms with Gasteiger partial charge in [0.25, 0.3) is 0 Å². The minimum atomic E-state index is -0.0320. The first-order valence-corrected chi connectivity index (χ1v) is 6.05. The number of nitrogens with zero attached hydrogens (tertiary/aromatic N) is 1. The first kappa shape index (κ1) is 10.6. The van der Waals surface area contributed by atoms with Crippen LogP contribution in [0.2, 0.25) is 0 Å². The van der Waals surface area contributed by atoms with E-state index in [1.54, 1.807) is 11.3 Å². The van der Waals surface area contributed by atoms with E-state index >= 15 is 0 Å². The van der Waals surface area contributed by atoms with Crippen molar-refractivity contribution in [2.45, 2.75) is 13.5 Å². The van der Waals surface area contributed by atoms with Gasteiger partial charge in [-0.3, -0.25) is 4.79 Å². The standard InChI is InChI=1S/C10H9BrN2OS/c1-6(14)12-5-10-13-8-4-7(11)2-3-9(8)15-10/h2-4H,5H2,1H3,(H,12,14). The van der Waals surface area contributed by atoms with Gasteiger partial charge in [0.05, 0.1) is 16.8 Å². The summed E-state index contributed by atoms with van der Waals surface area (Å²) in [6.45, 7) is 2.01. The second-order valence-electron chi connectivity index (χ2n) is 3.13. The number of nitrogens with one attached hydrogen (secondary N) is 1. The van der Waals surface area contributed by atoms with Crippen molar-refractivity contribution < 1.29 is 4.79 Å². The molecule has 2 aromatic rings. The van der Waals surface area contributed by atoms with Crippen molar-refractivity contribution in [3.63, 3.8) is 0 Å². The Morgan fingerprint density at radius 1 is 1.60 bits per heavy atom. The summed E-state index contributed by atoms with van der Waals surface area (Å²) in [7, 11) is 0. The maximum Gasteiger partial charge on any atom is 0.217 e. The van der Waals surface area contributed by atoms with Crippen LogP contribution in [0.4, 0.5) is 0 Å². The lowest BCUT2D eigenvalue weighted by molar-refractivity contribution is -0.119. The number of aromatic nitrogens is 1. The Morgan fingerprint density at radius 3 is 3.13 bits per heavy atom. The zero-order chi connectivity index (χ0) is 10.8. The van der Waals surface area contributed by atoms with E-state index < -0.39 is 0 Å². The molecule has 78 valence electrons. The predicted octanol–water partition coefficient (Wildman–Crippen LogP) is 2.69. The van der Waals surface area contributed by atoms with Gasteiger partial charge < -0.3 is 5.32 Å². The van der Waals surface area contributed by atoms with Crippen LogP contribution in [0.15, 0.2) is 22.7 Å². The van der Waals surface area contributed by atoms with Crippen molar-refractivity contribution >= 4 is 43.4 Å². The van der Waals surface area contributed by atoms with E-state index in [0.717, 1.165) is 19.7 Å². The number of thiazole rings is 1. The summed E-state index contributed by atoms with van der Waals surface area (Å²) in [6, 6.07) is 5.99. The zero-order valence-electron chi connectivity index (χ0n) is 8.08. The van der Waals surface area contributed by atoms with Gasteiger partial charge in [0.2, 0.25) is 5.91 Å². The highest BCUT2D eigenvalue weighted by atomic mass is 79.9. The van der Waals surface area contributed by atoms with Crippen LogP contribution in [0.5, 0.6) is 0 Å². The summed E-state index contributed by atoms with van der Waals surface area (Å²) in [6.07, 6.45) is 0. The lowest BCUT2D eigenvalue weighted by Crippen LogP contribution is -2.18. The quantitative estimate of drug-likeness (QED) is 0.921. The molecule has 0 radical (unpaired) electrons. The van der Waals surface area contributed by atoms with Gasteiger partial charge in [0.15, 0.2) is 0 Å². The molecule has 0 aliphatic heterocycles. The number of carbonyl (C=O) groups is 1. The summed E-state index contributed by atoms with van der Waals surface area (Å²) in [5.74, 6) is -0.0320. The molecule has 0 fully saturated rings. The first-order chi connectivity index (χ1) is 7.15. The molecule has 0 atom stereocenters. The SMILES string of the molecule is CC(=O)NCc1nc2cc(Br)ccc2s1. The van der Waals surface area contributed by atoms with Gasteiger partial charge in [-0.1, -0.05) is 15.9 Å². The summed E-state index contributed by atoms with van der Waals surface area (Å²) in [5, 5.41) is 3.66. The van der Waals surface area contributed by atoms with Gasteiger partial charge in [-0.2, -0.15) is 0 Å². The third-order valence-electron chi connectivity index (χ3n) is 1.88. The van der Waals surface area contributed by atoms with E-state index in [4.69, 9.17) is 0 Å². The molecule has 0 aliphatic carbocycles. The Kier molecular flexibility index (Phi) is 3.02. The Morgan fingerprint density at radius 2 is 2.40 bits per heavy atom. The third-order valence-corrected chi connectivity index (χ3v) is 3.41. The van der Waals surface area contributed by atoms with Crippen LogP contribution in [0.25, 0.3) is 10.2 Å². The molecule has 0 saturated heterocycles. The topological polar surface area (TPSA) is 42.0 Å². The van der Waals surface area contributed by atoms with Crippen molar-refractivity contribution in [1.82, 2.24) is 10.3 Å². The molecule has 3 nitrogen and oxygen atoms in total. The van der Waals surface area contributed by atoms with Crippen molar-refractivity contribution in [2.75, 3.05) is 0 Å². The first-order valence-electron chi connectivity index (χ1n) is 4.44. The van der Waals surface area contributed by atoms with Crippen molar-refractivity contribution in [3.8, 4) is 0 Å². The summed E-state index contributed by atoms with van der Waals surface area (Å²) in [4.78, 5) is 15.2. The van der Waals surface area contributed by atoms with Gasteiger partial charge in [-0.15, -0.1) is 11.3 Å². The lowest BCUT2D eigenvalue weighted by Gasteiger charge is -1.95. The van der Waals surface area contributed by atoms with E-state index in [9.17, 15) is 4.79 Å². The fourth-order valence-electron chi connectivity index (χ4n) is 1.22. The molecule has 0 saturated carbocycles. The molecule has 1 aromatic heterocycles. The fourth-order valence-corrected chi connectivity index (χ4v) is 2.46. The number of benzene rings is 1. The molecule has 0 spiro atoms. The van der Waals surface area contributed by atoms with Crippen LogP contribution < -0.4 is 5.32 Å². The average Bonchev–Trinajstić information content (AvgIpc) is 2.56. The van der Waals surface area contributed by atoms with Gasteiger partial charge >= 0.3 is 0 Å². The maximum absolute atomic E-state index is 10.7. The molecule has 1 N–H and O–H groups in total. The number of carbonyl (C=O) groups excluding carboxylic acids is 1. The second kappa shape index (κ2) is 4.28. The smallest absolute Gasteiger partial charge is 0.217 e. The third kappa shape index (κ3) is 2.54. The molecule has 15 heavy (non-hydrogen) atoms. The molecule has 1 heterocycles. The van der Waals surface area contributed by atoms with Crippen LogP contribution in [0, 0.1) is 0 Å². The Hall–Kier alpha value is -0.940. The fraction of sp³-hybridized carbons (Fsp3) is 0.200. The van der Waals surface area contributed by atoms with Gasteiger partial charge in [-0.25, -0.2) is 4.98 Å². The van der Waals surface area contributed by atoms with E-state index in [2.05, 4.69) is 26.2 Å². The Labute approximate surface area is 99.6 Å². The zero-order valence-corrected chi connectivity index (χ0v) is 10.5. The summed E-state index contributed by atoms with van der Waals surface area (Å²) < 4.78 is 2.16. The molecule has 0 aliphatic rings. The van der Waals surface area contributed by atoms with E-state index in [1.807, 2.05) is 18.2 Å². The van der Waals surface area contributed by atoms with E-state index in [0.29, 0.717) is 6.54 Å². The molecule has 2 rings (SSSR count). The number of amides is 1. The average molecular weight is 285 g/mol. The van der Waals surface area contributed by atoms with Crippen LogP contribution in [-0.4, -0.2) is 10.9 Å². The van der Waals surface area contributed by atoms with Crippen LogP contribution in [-0.2, 0) is 11.3 Å². The van der Waals surface area contributed by atoms with Gasteiger partial charge in [-0.05, 0) is 18.2 Å². The number of fused-ring (bicyclic) bond motifs is 1. The summed E-state index contributed by atoms with van der Waals surface area (Å²) in [5.41, 5.74) is 0.967. The minimum Gasteiger partial charge on any atom is -0.350 e. The molecular weight excluding hydrogens is 276 g/mol. The number of hydrogen-bond donors (Lipinski definition) is 1. The number of hydrogen-bond acceptors (Lipinski definition) is 3. The van der Waals surface area contributed by atoms with Crippen molar-refractivity contribution in [3.05, 3.63) is 27.7 Å². The largest absolute Gasteiger partial charge is 0.350 e. The Bertz CT molecular complexity index is 509. The molecular formula is C10H9BrN2OS. The Balaban J connectivity index is 2.27. The van der Waals surface area contributed by atoms with Crippen LogP contribution >= 0.6 is 27.3 Å². The second-order valence-corrected chi connectivity index (χ2v) is 5.16. The van der Waals surface area contributed by atoms with Crippen molar-refractivity contribution in [2.24, 2.45) is 0 Å². The monoisotopic (exact) mass is 284 g/mol. The highest BCUT2D eigenvalue weighted by molar-refractivity contribution is 9.10. The maximum atomic E-state index is 10.7. The van der Waals surface area contributed by atoms with Gasteiger partial charge in [0, 0.05) is 11.4 Å². The highest BCUT2D eigenvalue weighted by Gasteiger charge is 2.04. The highest BCUT2D eigenvalue weighted by Crippen LogP contribution is 2.24. The molecule has 0 bridgehead atoms. The van der Waals surface area contributed by atoms with E-state index in [1.165, 1.54) is 6.92 Å². The van der Waals surface area contributed by atoms with Crippen LogP contribution in [0.1, 0.15) is 11.9 Å². The predicted molar refractivity (Wildman–Crippen MR) is 64.8 cm³/mol. The number of halogens is 1.